The predicted molar refractivity (Wildman–Crippen MR) is 62.8 cm³/mol. The van der Waals surface area contributed by atoms with E-state index in [1.165, 1.54) is 18.2 Å². The van der Waals surface area contributed by atoms with Crippen molar-refractivity contribution >= 4 is 5.97 Å². The van der Waals surface area contributed by atoms with E-state index >= 15 is 0 Å². The average Bonchev–Trinajstić information content (AvgIpc) is 2.37. The second-order valence-corrected chi connectivity index (χ2v) is 4.03. The van der Waals surface area contributed by atoms with E-state index in [1.54, 1.807) is 0 Å². The van der Waals surface area contributed by atoms with Crippen LogP contribution < -0.4 is 9.84 Å². The molecule has 0 saturated heterocycles. The second-order valence-electron chi connectivity index (χ2n) is 4.03. The zero-order chi connectivity index (χ0) is 15.6. The Kier molecular flexibility index (Phi) is 3.84. The van der Waals surface area contributed by atoms with Gasteiger partial charge in [0.15, 0.2) is 0 Å². The molecule has 21 heavy (non-hydrogen) atoms. The monoisotopic (exact) mass is 299 g/mol. The Morgan fingerprint density at radius 1 is 1.05 bits per heavy atom. The van der Waals surface area contributed by atoms with Crippen molar-refractivity contribution in [2.75, 3.05) is 0 Å². The number of hydrogen-bond acceptors (Lipinski definition) is 3. The second kappa shape index (κ2) is 5.43. The molecule has 0 heterocycles. The lowest BCUT2D eigenvalue weighted by atomic mass is 10.0. The molecule has 3 nitrogen and oxygen atoms in total. The number of aromatic carboxylic acids is 1. The highest BCUT2D eigenvalue weighted by atomic mass is 19.4. The topological polar surface area (TPSA) is 49.4 Å². The van der Waals surface area contributed by atoms with Gasteiger partial charge >= 0.3 is 6.36 Å². The highest BCUT2D eigenvalue weighted by Crippen LogP contribution is 2.35. The molecular weight excluding hydrogens is 292 g/mol. The van der Waals surface area contributed by atoms with Crippen LogP contribution in [0.4, 0.5) is 17.6 Å². The van der Waals surface area contributed by atoms with E-state index in [4.69, 9.17) is 0 Å². The molecule has 110 valence electrons. The van der Waals surface area contributed by atoms with Gasteiger partial charge in [-0.25, -0.2) is 4.39 Å². The lowest BCUT2D eigenvalue weighted by Crippen LogP contribution is -2.22. The van der Waals surface area contributed by atoms with Gasteiger partial charge in [-0.05, 0) is 12.1 Å². The molecule has 0 aromatic heterocycles. The number of benzene rings is 2. The van der Waals surface area contributed by atoms with Crippen LogP contribution in [0, 0.1) is 5.82 Å². The molecule has 2 aromatic carbocycles. The minimum atomic E-state index is -4.92. The zero-order valence-electron chi connectivity index (χ0n) is 10.3. The molecule has 0 amide bonds. The summed E-state index contributed by atoms with van der Waals surface area (Å²) in [4.78, 5) is 10.6. The quantitative estimate of drug-likeness (QED) is 0.819. The fraction of sp³-hybridized carbons (Fsp3) is 0.0714. The van der Waals surface area contributed by atoms with Crippen LogP contribution >= 0.6 is 0 Å². The minimum absolute atomic E-state index is 0.141. The fourth-order valence-corrected chi connectivity index (χ4v) is 1.76. The van der Waals surface area contributed by atoms with Gasteiger partial charge in [0.2, 0.25) is 0 Å². The Hall–Kier alpha value is -2.57. The molecule has 0 aliphatic rings. The normalized spacial score (nSPS) is 11.2. The van der Waals surface area contributed by atoms with E-state index in [2.05, 4.69) is 4.74 Å². The lowest BCUT2D eigenvalue weighted by molar-refractivity contribution is -0.274. The molecule has 2 rings (SSSR count). The molecule has 7 heteroatoms. The standard InChI is InChI=1S/C14H8F4O3/c15-11-7-8(13(19)20)5-6-9(11)10-3-1-2-4-12(10)21-14(16,17)18/h1-7H,(H,19,20)/p-1. The number of carbonyl (C=O) groups excluding carboxylic acids is 1. The molecule has 0 saturated carbocycles. The maximum absolute atomic E-state index is 13.9. The number of hydrogen-bond donors (Lipinski definition) is 0. The molecule has 0 radical (unpaired) electrons. The molecule has 0 spiro atoms. The zero-order valence-corrected chi connectivity index (χ0v) is 10.3. The fourth-order valence-electron chi connectivity index (χ4n) is 1.76. The third-order valence-corrected chi connectivity index (χ3v) is 2.61. The minimum Gasteiger partial charge on any atom is -0.545 e. The summed E-state index contributed by atoms with van der Waals surface area (Å²) in [5, 5.41) is 10.6. The Balaban J connectivity index is 2.50. The van der Waals surface area contributed by atoms with E-state index in [0.29, 0.717) is 6.07 Å². The maximum Gasteiger partial charge on any atom is 0.573 e. The Morgan fingerprint density at radius 3 is 2.29 bits per heavy atom. The summed E-state index contributed by atoms with van der Waals surface area (Å²) in [7, 11) is 0. The van der Waals surface area contributed by atoms with Crippen molar-refractivity contribution in [2.45, 2.75) is 6.36 Å². The van der Waals surface area contributed by atoms with Crippen molar-refractivity contribution < 1.29 is 32.2 Å². The summed E-state index contributed by atoms with van der Waals surface area (Å²) in [6, 6.07) is 7.75. The molecule has 0 fully saturated rings. The van der Waals surface area contributed by atoms with Gasteiger partial charge in [0.25, 0.3) is 0 Å². The van der Waals surface area contributed by atoms with Crippen LogP contribution in [0.3, 0.4) is 0 Å². The Labute approximate surface area is 116 Å². The number of carboxylic acids is 1. The predicted octanol–water partition coefficient (Wildman–Crippen LogP) is 2.75. The lowest BCUT2D eigenvalue weighted by Gasteiger charge is -2.14. The first-order chi connectivity index (χ1) is 9.78. The number of carbonyl (C=O) groups is 1. The van der Waals surface area contributed by atoms with Crippen LogP contribution in [-0.4, -0.2) is 12.3 Å². The van der Waals surface area contributed by atoms with Gasteiger partial charge in [-0.3, -0.25) is 0 Å². The molecule has 2 aromatic rings. The summed E-state index contributed by atoms with van der Waals surface area (Å²) >= 11 is 0. The van der Waals surface area contributed by atoms with Crippen LogP contribution in [0.2, 0.25) is 0 Å². The summed E-state index contributed by atoms with van der Waals surface area (Å²) in [5.41, 5.74) is -0.762. The van der Waals surface area contributed by atoms with E-state index < -0.39 is 29.5 Å². The van der Waals surface area contributed by atoms with Crippen molar-refractivity contribution in [1.29, 1.82) is 0 Å². The third kappa shape index (κ3) is 3.50. The van der Waals surface area contributed by atoms with Crippen LogP contribution in [0.15, 0.2) is 42.5 Å². The SMILES string of the molecule is O=C([O-])c1ccc(-c2ccccc2OC(F)(F)F)c(F)c1. The Bertz CT molecular complexity index is 680. The summed E-state index contributed by atoms with van der Waals surface area (Å²) in [6.45, 7) is 0. The average molecular weight is 299 g/mol. The van der Waals surface area contributed by atoms with Crippen molar-refractivity contribution in [3.8, 4) is 16.9 Å². The summed E-state index contributed by atoms with van der Waals surface area (Å²) in [6.07, 6.45) is -4.92. The third-order valence-electron chi connectivity index (χ3n) is 2.61. The molecule has 0 atom stereocenters. The number of ether oxygens (including phenoxy) is 1. The molecular formula is C14H7F4O3-. The highest BCUT2D eigenvalue weighted by molar-refractivity contribution is 5.87. The van der Waals surface area contributed by atoms with Crippen molar-refractivity contribution in [3.63, 3.8) is 0 Å². The number of halogens is 4. The van der Waals surface area contributed by atoms with E-state index in [-0.39, 0.29) is 11.1 Å². The van der Waals surface area contributed by atoms with Gasteiger partial charge in [0.1, 0.15) is 11.6 Å². The van der Waals surface area contributed by atoms with Crippen molar-refractivity contribution in [1.82, 2.24) is 0 Å². The van der Waals surface area contributed by atoms with E-state index in [0.717, 1.165) is 18.2 Å². The van der Waals surface area contributed by atoms with E-state index in [9.17, 15) is 27.5 Å². The van der Waals surface area contributed by atoms with Crippen molar-refractivity contribution in [3.05, 3.63) is 53.8 Å². The first kappa shape index (κ1) is 14.8. The molecule has 0 aliphatic carbocycles. The summed E-state index contributed by atoms with van der Waals surface area (Å²) < 4.78 is 54.6. The van der Waals surface area contributed by atoms with Crippen molar-refractivity contribution in [2.24, 2.45) is 0 Å². The number of alkyl halides is 3. The van der Waals surface area contributed by atoms with Crippen LogP contribution in [0.1, 0.15) is 10.4 Å². The van der Waals surface area contributed by atoms with Gasteiger partial charge in [0, 0.05) is 16.7 Å². The van der Waals surface area contributed by atoms with Crippen LogP contribution in [-0.2, 0) is 0 Å². The first-order valence-electron chi connectivity index (χ1n) is 5.64. The molecule has 0 aliphatic heterocycles. The smallest absolute Gasteiger partial charge is 0.545 e. The Morgan fingerprint density at radius 2 is 1.71 bits per heavy atom. The number of carboxylic acid groups (broad SMARTS) is 1. The van der Waals surface area contributed by atoms with Crippen LogP contribution in [0.25, 0.3) is 11.1 Å². The van der Waals surface area contributed by atoms with Gasteiger partial charge in [-0.1, -0.05) is 30.3 Å². The maximum atomic E-state index is 13.9. The molecule has 0 bridgehead atoms. The number of rotatable bonds is 3. The van der Waals surface area contributed by atoms with Gasteiger partial charge in [-0.15, -0.1) is 13.2 Å². The van der Waals surface area contributed by atoms with Gasteiger partial charge in [-0.2, -0.15) is 0 Å². The molecule has 0 unspecified atom stereocenters. The van der Waals surface area contributed by atoms with Crippen LogP contribution in [0.5, 0.6) is 5.75 Å². The van der Waals surface area contributed by atoms with Gasteiger partial charge < -0.3 is 14.6 Å². The van der Waals surface area contributed by atoms with Gasteiger partial charge in [0.05, 0.1) is 5.97 Å². The highest BCUT2D eigenvalue weighted by Gasteiger charge is 2.32. The molecule has 0 N–H and O–H groups in total. The largest absolute Gasteiger partial charge is 0.573 e. The number of para-hydroxylation sites is 1. The van der Waals surface area contributed by atoms with E-state index in [1.807, 2.05) is 0 Å². The summed E-state index contributed by atoms with van der Waals surface area (Å²) in [5.74, 6) is -3.15. The first-order valence-corrected chi connectivity index (χ1v) is 5.64.